The van der Waals surface area contributed by atoms with E-state index in [1.54, 1.807) is 6.08 Å². The summed E-state index contributed by atoms with van der Waals surface area (Å²) in [6.07, 6.45) is 4.19. The van der Waals surface area contributed by atoms with Crippen molar-refractivity contribution >= 4 is 5.97 Å². The van der Waals surface area contributed by atoms with Gasteiger partial charge in [-0.1, -0.05) is 13.8 Å². The van der Waals surface area contributed by atoms with Crippen LogP contribution in [0.1, 0.15) is 33.6 Å². The Balaban J connectivity index is 2.11. The summed E-state index contributed by atoms with van der Waals surface area (Å²) in [7, 11) is 0. The summed E-state index contributed by atoms with van der Waals surface area (Å²) in [5.41, 5.74) is 1.12. The maximum absolute atomic E-state index is 11.4. The largest absolute Gasteiger partial charge is 0.451 e. The number of ether oxygens (including phenoxy) is 1. The molecule has 0 aromatic carbocycles. The summed E-state index contributed by atoms with van der Waals surface area (Å²) in [5, 5.41) is 0. The van der Waals surface area contributed by atoms with E-state index >= 15 is 0 Å². The van der Waals surface area contributed by atoms with Crippen LogP contribution in [0.2, 0.25) is 0 Å². The first-order valence-electron chi connectivity index (χ1n) is 5.39. The van der Waals surface area contributed by atoms with E-state index in [1.165, 1.54) is 18.4 Å². The van der Waals surface area contributed by atoms with Crippen molar-refractivity contribution < 1.29 is 9.53 Å². The molecule has 14 heavy (non-hydrogen) atoms. The average molecular weight is 192 g/mol. The van der Waals surface area contributed by atoms with Crippen molar-refractivity contribution in [1.82, 2.24) is 0 Å². The van der Waals surface area contributed by atoms with E-state index in [0.29, 0.717) is 5.92 Å². The van der Waals surface area contributed by atoms with Crippen LogP contribution in [0.15, 0.2) is 11.6 Å². The molecular formula is C12H16O2. The first kappa shape index (κ1) is 8.51. The zero-order valence-electron chi connectivity index (χ0n) is 8.96. The van der Waals surface area contributed by atoms with Crippen LogP contribution in [0.3, 0.4) is 0 Å². The van der Waals surface area contributed by atoms with Crippen molar-refractivity contribution in [3.8, 4) is 0 Å². The predicted molar refractivity (Wildman–Crippen MR) is 52.6 cm³/mol. The van der Waals surface area contributed by atoms with Gasteiger partial charge in [0.15, 0.2) is 0 Å². The van der Waals surface area contributed by atoms with Crippen molar-refractivity contribution in [3.05, 3.63) is 11.6 Å². The number of hydrogen-bond donors (Lipinski definition) is 0. The van der Waals surface area contributed by atoms with E-state index in [2.05, 4.69) is 20.8 Å². The molecule has 0 spiro atoms. The fourth-order valence-electron chi connectivity index (χ4n) is 3.61. The van der Waals surface area contributed by atoms with Crippen molar-refractivity contribution in [2.75, 3.05) is 0 Å². The van der Waals surface area contributed by atoms with Gasteiger partial charge >= 0.3 is 5.97 Å². The van der Waals surface area contributed by atoms with Gasteiger partial charge in [0, 0.05) is 12.0 Å². The molecule has 2 saturated carbocycles. The van der Waals surface area contributed by atoms with Gasteiger partial charge in [0.2, 0.25) is 0 Å². The highest BCUT2D eigenvalue weighted by Gasteiger charge is 2.63. The maximum Gasteiger partial charge on any atom is 0.331 e. The van der Waals surface area contributed by atoms with Gasteiger partial charge in [0.25, 0.3) is 0 Å². The summed E-state index contributed by atoms with van der Waals surface area (Å²) in [4.78, 5) is 11.4. The number of carbonyl (C=O) groups is 1. The van der Waals surface area contributed by atoms with Gasteiger partial charge in [0.05, 0.1) is 0 Å². The summed E-state index contributed by atoms with van der Waals surface area (Å²) >= 11 is 0. The number of fused-ring (bicyclic) bond motifs is 3. The SMILES string of the molecule is CC1(C)C[C@@H]2C[C@@H]2[C@]2(C)OC(=O)C=C12. The molecule has 0 N–H and O–H groups in total. The Morgan fingerprint density at radius 1 is 1.43 bits per heavy atom. The zero-order valence-corrected chi connectivity index (χ0v) is 8.96. The minimum absolute atomic E-state index is 0.136. The second kappa shape index (κ2) is 2.07. The minimum atomic E-state index is -0.260. The quantitative estimate of drug-likeness (QED) is 0.550. The molecule has 3 rings (SSSR count). The number of rotatable bonds is 0. The first-order valence-corrected chi connectivity index (χ1v) is 5.39. The van der Waals surface area contributed by atoms with Crippen LogP contribution in [0, 0.1) is 17.3 Å². The molecule has 0 amide bonds. The molecule has 3 atom stereocenters. The fourth-order valence-corrected chi connectivity index (χ4v) is 3.61. The van der Waals surface area contributed by atoms with Crippen LogP contribution >= 0.6 is 0 Å². The lowest BCUT2D eigenvalue weighted by Crippen LogP contribution is -2.41. The van der Waals surface area contributed by atoms with Crippen molar-refractivity contribution in [1.29, 1.82) is 0 Å². The highest BCUT2D eigenvalue weighted by atomic mass is 16.6. The van der Waals surface area contributed by atoms with Crippen molar-refractivity contribution in [2.45, 2.75) is 39.2 Å². The molecule has 0 aromatic rings. The van der Waals surface area contributed by atoms with Gasteiger partial charge in [-0.25, -0.2) is 4.79 Å². The predicted octanol–water partition coefficient (Wildman–Crippen LogP) is 2.29. The summed E-state index contributed by atoms with van der Waals surface area (Å²) in [5.74, 6) is 1.26. The molecular weight excluding hydrogens is 176 g/mol. The van der Waals surface area contributed by atoms with Crippen LogP contribution in [0.4, 0.5) is 0 Å². The van der Waals surface area contributed by atoms with E-state index in [0.717, 1.165) is 5.92 Å². The van der Waals surface area contributed by atoms with Gasteiger partial charge in [0.1, 0.15) is 5.60 Å². The first-order chi connectivity index (χ1) is 6.43. The third kappa shape index (κ3) is 0.844. The van der Waals surface area contributed by atoms with Gasteiger partial charge < -0.3 is 4.74 Å². The monoisotopic (exact) mass is 192 g/mol. The zero-order chi connectivity index (χ0) is 10.1. The lowest BCUT2D eigenvalue weighted by atomic mass is 9.67. The van der Waals surface area contributed by atoms with Crippen molar-refractivity contribution in [2.24, 2.45) is 17.3 Å². The van der Waals surface area contributed by atoms with E-state index in [1.807, 2.05) is 0 Å². The van der Waals surface area contributed by atoms with E-state index in [9.17, 15) is 4.79 Å². The molecule has 0 radical (unpaired) electrons. The Labute approximate surface area is 84.3 Å². The van der Waals surface area contributed by atoms with E-state index in [4.69, 9.17) is 4.74 Å². The van der Waals surface area contributed by atoms with Gasteiger partial charge in [-0.05, 0) is 36.7 Å². The molecule has 0 saturated heterocycles. The molecule has 0 aromatic heterocycles. The normalized spacial score (nSPS) is 47.6. The molecule has 2 aliphatic carbocycles. The minimum Gasteiger partial charge on any atom is -0.451 e. The molecule has 2 nitrogen and oxygen atoms in total. The summed E-state index contributed by atoms with van der Waals surface area (Å²) < 4.78 is 5.51. The summed E-state index contributed by atoms with van der Waals surface area (Å²) in [6, 6.07) is 0. The maximum atomic E-state index is 11.4. The van der Waals surface area contributed by atoms with Crippen LogP contribution in [-0.4, -0.2) is 11.6 Å². The molecule has 2 heteroatoms. The second-order valence-electron chi connectivity index (χ2n) is 5.78. The Morgan fingerprint density at radius 2 is 2.14 bits per heavy atom. The molecule has 76 valence electrons. The average Bonchev–Trinajstić information content (AvgIpc) is 2.70. The Bertz CT molecular complexity index is 353. The third-order valence-corrected chi connectivity index (χ3v) is 4.24. The molecule has 0 bridgehead atoms. The van der Waals surface area contributed by atoms with Gasteiger partial charge in [-0.15, -0.1) is 0 Å². The summed E-state index contributed by atoms with van der Waals surface area (Å²) in [6.45, 7) is 6.55. The number of carbonyl (C=O) groups excluding carboxylic acids is 1. The standard InChI is InChI=1S/C12H16O2/c1-11(2)6-7-4-8(7)12(3)9(11)5-10(13)14-12/h5,7-8H,4,6H2,1-3H3/t7-,8-,12-/m0/s1. The molecule has 1 heterocycles. The topological polar surface area (TPSA) is 26.3 Å². The van der Waals surface area contributed by atoms with E-state index in [-0.39, 0.29) is 17.0 Å². The number of hydrogen-bond acceptors (Lipinski definition) is 2. The molecule has 3 aliphatic rings. The fraction of sp³-hybridized carbons (Fsp3) is 0.750. The Morgan fingerprint density at radius 3 is 2.86 bits per heavy atom. The lowest BCUT2D eigenvalue weighted by molar-refractivity contribution is -0.148. The highest BCUT2D eigenvalue weighted by molar-refractivity contribution is 5.87. The van der Waals surface area contributed by atoms with Crippen LogP contribution in [0.25, 0.3) is 0 Å². The smallest absolute Gasteiger partial charge is 0.331 e. The third-order valence-electron chi connectivity index (χ3n) is 4.24. The van der Waals surface area contributed by atoms with Crippen LogP contribution in [-0.2, 0) is 9.53 Å². The molecule has 2 fully saturated rings. The highest BCUT2D eigenvalue weighted by Crippen LogP contribution is 2.65. The second-order valence-corrected chi connectivity index (χ2v) is 5.78. The number of esters is 1. The van der Waals surface area contributed by atoms with E-state index < -0.39 is 0 Å². The van der Waals surface area contributed by atoms with Gasteiger partial charge in [-0.2, -0.15) is 0 Å². The Kier molecular flexibility index (Phi) is 1.26. The van der Waals surface area contributed by atoms with Crippen molar-refractivity contribution in [3.63, 3.8) is 0 Å². The van der Waals surface area contributed by atoms with Gasteiger partial charge in [-0.3, -0.25) is 0 Å². The van der Waals surface area contributed by atoms with Crippen LogP contribution < -0.4 is 0 Å². The lowest BCUT2D eigenvalue weighted by Gasteiger charge is -2.41. The Hall–Kier alpha value is -0.790. The molecule has 0 unspecified atom stereocenters. The van der Waals surface area contributed by atoms with Crippen LogP contribution in [0.5, 0.6) is 0 Å². The molecule has 1 aliphatic heterocycles.